The summed E-state index contributed by atoms with van der Waals surface area (Å²) in [6, 6.07) is 0. The van der Waals surface area contributed by atoms with Crippen molar-refractivity contribution in [1.29, 1.82) is 0 Å². The van der Waals surface area contributed by atoms with Crippen molar-refractivity contribution in [2.75, 3.05) is 18.8 Å². The molecule has 4 nitrogen and oxygen atoms in total. The lowest BCUT2D eigenvalue weighted by atomic mass is 10.1. The first kappa shape index (κ1) is 12.9. The van der Waals surface area contributed by atoms with Crippen LogP contribution in [0.1, 0.15) is 27.7 Å². The van der Waals surface area contributed by atoms with E-state index in [9.17, 15) is 8.42 Å². The number of rotatable bonds is 4. The highest BCUT2D eigenvalue weighted by Crippen LogP contribution is 2.11. The van der Waals surface area contributed by atoms with Crippen LogP contribution in [0.2, 0.25) is 0 Å². The average Bonchev–Trinajstić information content (AvgIpc) is 1.82. The fourth-order valence-electron chi connectivity index (χ4n) is 1.19. The van der Waals surface area contributed by atoms with Crippen LogP contribution in [0.3, 0.4) is 0 Å². The molecule has 0 aliphatic rings. The maximum atomic E-state index is 10.5. The molecular weight excluding hydrogens is 190 g/mol. The number of nitrogens with zero attached hydrogens (tertiary/aromatic N) is 1. The van der Waals surface area contributed by atoms with Crippen LogP contribution in [0.5, 0.6) is 0 Å². The van der Waals surface area contributed by atoms with E-state index < -0.39 is 10.1 Å². The third-order valence-corrected chi connectivity index (χ3v) is 2.65. The van der Waals surface area contributed by atoms with Crippen molar-refractivity contribution in [3.8, 4) is 0 Å². The summed E-state index contributed by atoms with van der Waals surface area (Å²) in [5.74, 6) is -0.196. The molecule has 0 fully saturated rings. The molecule has 80 valence electrons. The quantitative estimate of drug-likeness (QED) is 0.702. The summed E-state index contributed by atoms with van der Waals surface area (Å²) in [6.45, 7) is 9.16. The number of hydrogen-bond donors (Lipinski definition) is 1. The van der Waals surface area contributed by atoms with Gasteiger partial charge < -0.3 is 0 Å². The Labute approximate surface area is 80.7 Å². The molecule has 0 aromatic rings. The Bertz CT molecular complexity index is 241. The molecule has 0 aromatic carbocycles. The minimum absolute atomic E-state index is 0.0561. The van der Waals surface area contributed by atoms with Crippen LogP contribution in [0.4, 0.5) is 0 Å². The second kappa shape index (κ2) is 4.39. The third-order valence-electron chi connectivity index (χ3n) is 1.95. The van der Waals surface area contributed by atoms with Gasteiger partial charge in [-0.3, -0.25) is 9.45 Å². The minimum atomic E-state index is -3.83. The second-order valence-corrected chi connectivity index (χ2v) is 5.61. The summed E-state index contributed by atoms with van der Waals surface area (Å²) in [4.78, 5) is 2.00. The Morgan fingerprint density at radius 1 is 1.31 bits per heavy atom. The van der Waals surface area contributed by atoms with Crippen LogP contribution in [0, 0.1) is 0 Å². The Morgan fingerprint density at radius 2 is 1.77 bits per heavy atom. The summed E-state index contributed by atoms with van der Waals surface area (Å²) >= 11 is 0. The molecule has 1 N–H and O–H groups in total. The lowest BCUT2D eigenvalue weighted by Crippen LogP contribution is -2.43. The first-order chi connectivity index (χ1) is 5.67. The van der Waals surface area contributed by atoms with Gasteiger partial charge in [-0.15, -0.1) is 0 Å². The van der Waals surface area contributed by atoms with Crippen molar-refractivity contribution in [3.05, 3.63) is 0 Å². The van der Waals surface area contributed by atoms with Gasteiger partial charge in [0.05, 0.1) is 5.75 Å². The third kappa shape index (κ3) is 6.01. The van der Waals surface area contributed by atoms with Gasteiger partial charge in [-0.2, -0.15) is 8.42 Å². The normalized spacial score (nSPS) is 13.7. The van der Waals surface area contributed by atoms with E-state index in [0.717, 1.165) is 6.54 Å². The molecule has 0 bridgehead atoms. The highest BCUT2D eigenvalue weighted by Gasteiger charge is 2.20. The van der Waals surface area contributed by atoms with Crippen LogP contribution in [0.15, 0.2) is 0 Å². The van der Waals surface area contributed by atoms with E-state index in [4.69, 9.17) is 4.55 Å². The van der Waals surface area contributed by atoms with E-state index in [1.807, 2.05) is 32.6 Å². The Hall–Kier alpha value is -0.130. The van der Waals surface area contributed by atoms with Crippen LogP contribution < -0.4 is 0 Å². The van der Waals surface area contributed by atoms with Gasteiger partial charge in [0.1, 0.15) is 0 Å². The molecule has 0 heterocycles. The molecule has 0 amide bonds. The van der Waals surface area contributed by atoms with Gasteiger partial charge in [0.2, 0.25) is 0 Å². The zero-order valence-corrected chi connectivity index (χ0v) is 9.56. The molecule has 0 aliphatic heterocycles. The second-order valence-electron chi connectivity index (χ2n) is 4.04. The van der Waals surface area contributed by atoms with E-state index in [-0.39, 0.29) is 11.3 Å². The van der Waals surface area contributed by atoms with Crippen LogP contribution in [-0.2, 0) is 10.1 Å². The largest absolute Gasteiger partial charge is 0.298 e. The smallest absolute Gasteiger partial charge is 0.266 e. The Morgan fingerprint density at radius 3 is 2.00 bits per heavy atom. The summed E-state index contributed by atoms with van der Waals surface area (Å²) in [7, 11) is -3.83. The monoisotopic (exact) mass is 209 g/mol. The molecule has 0 spiro atoms. The molecule has 0 saturated carbocycles. The van der Waals surface area contributed by atoms with Gasteiger partial charge in [0.25, 0.3) is 10.1 Å². The maximum Gasteiger partial charge on any atom is 0.266 e. The predicted molar refractivity (Wildman–Crippen MR) is 53.4 cm³/mol. The van der Waals surface area contributed by atoms with Crippen molar-refractivity contribution in [2.45, 2.75) is 33.2 Å². The van der Waals surface area contributed by atoms with Crippen LogP contribution >= 0.6 is 0 Å². The first-order valence-electron chi connectivity index (χ1n) is 4.37. The zero-order valence-electron chi connectivity index (χ0n) is 8.74. The molecular formula is C8H19NO3S. The van der Waals surface area contributed by atoms with E-state index in [2.05, 4.69) is 0 Å². The lowest BCUT2D eigenvalue weighted by Gasteiger charge is -2.34. The summed E-state index contributed by atoms with van der Waals surface area (Å²) in [5.41, 5.74) is -0.0561. The van der Waals surface area contributed by atoms with Crippen molar-refractivity contribution in [3.63, 3.8) is 0 Å². The SMILES string of the molecule is CCN(CCS(=O)(=O)O)C(C)(C)C. The molecule has 0 aliphatic carbocycles. The van der Waals surface area contributed by atoms with Crippen LogP contribution in [-0.4, -0.2) is 42.3 Å². The summed E-state index contributed by atoms with van der Waals surface area (Å²) in [5, 5.41) is 0. The molecule has 0 aromatic heterocycles. The average molecular weight is 209 g/mol. The molecule has 0 unspecified atom stereocenters. The van der Waals surface area contributed by atoms with E-state index in [1.165, 1.54) is 0 Å². The molecule has 13 heavy (non-hydrogen) atoms. The topological polar surface area (TPSA) is 57.6 Å². The van der Waals surface area contributed by atoms with Gasteiger partial charge in [0, 0.05) is 12.1 Å². The minimum Gasteiger partial charge on any atom is -0.298 e. The van der Waals surface area contributed by atoms with Crippen LogP contribution in [0.25, 0.3) is 0 Å². The Balaban J connectivity index is 4.17. The summed E-state index contributed by atoms with van der Waals surface area (Å²) < 4.78 is 29.6. The lowest BCUT2D eigenvalue weighted by molar-refractivity contribution is 0.154. The Kier molecular flexibility index (Phi) is 4.35. The van der Waals surface area contributed by atoms with Gasteiger partial charge in [-0.1, -0.05) is 6.92 Å². The zero-order chi connectivity index (χ0) is 10.7. The molecule has 0 rings (SSSR count). The molecule has 0 saturated heterocycles. The van der Waals surface area contributed by atoms with Gasteiger partial charge >= 0.3 is 0 Å². The van der Waals surface area contributed by atoms with Crippen molar-refractivity contribution in [2.24, 2.45) is 0 Å². The maximum absolute atomic E-state index is 10.5. The van der Waals surface area contributed by atoms with Gasteiger partial charge in [-0.05, 0) is 27.3 Å². The number of hydrogen-bond acceptors (Lipinski definition) is 3. The molecule has 0 atom stereocenters. The van der Waals surface area contributed by atoms with Crippen molar-refractivity contribution < 1.29 is 13.0 Å². The van der Waals surface area contributed by atoms with Crippen molar-refractivity contribution >= 4 is 10.1 Å². The molecule has 0 radical (unpaired) electrons. The van der Waals surface area contributed by atoms with E-state index in [0.29, 0.717) is 6.54 Å². The predicted octanol–water partition coefficient (Wildman–Crippen LogP) is 0.995. The highest BCUT2D eigenvalue weighted by molar-refractivity contribution is 7.85. The van der Waals surface area contributed by atoms with Crippen molar-refractivity contribution in [1.82, 2.24) is 4.90 Å². The fraction of sp³-hybridized carbons (Fsp3) is 1.00. The fourth-order valence-corrected chi connectivity index (χ4v) is 1.64. The molecule has 5 heteroatoms. The van der Waals surface area contributed by atoms with E-state index >= 15 is 0 Å². The highest BCUT2D eigenvalue weighted by atomic mass is 32.2. The first-order valence-corrected chi connectivity index (χ1v) is 5.98. The van der Waals surface area contributed by atoms with E-state index in [1.54, 1.807) is 0 Å². The standard InChI is InChI=1S/C8H19NO3S/c1-5-9(8(2,3)4)6-7-13(10,11)12/h5-7H2,1-4H3,(H,10,11,12). The van der Waals surface area contributed by atoms with Gasteiger partial charge in [0.15, 0.2) is 0 Å². The van der Waals surface area contributed by atoms with Gasteiger partial charge in [-0.25, -0.2) is 0 Å². The summed E-state index contributed by atoms with van der Waals surface area (Å²) in [6.07, 6.45) is 0.